The molecule has 0 spiro atoms. The van der Waals surface area contributed by atoms with Crippen molar-refractivity contribution in [2.45, 2.75) is 18.9 Å². The number of benzene rings is 1. The maximum atomic E-state index is 14.1. The second-order valence-corrected chi connectivity index (χ2v) is 6.10. The molecule has 1 aliphatic heterocycles. The summed E-state index contributed by atoms with van der Waals surface area (Å²) in [5.41, 5.74) is 0.642. The number of nitrogens with one attached hydrogen (secondary N) is 1. The maximum Gasteiger partial charge on any atom is 0.185 e. The molecule has 4 rings (SSSR count). The molecule has 1 fully saturated rings. The number of halogens is 2. The Morgan fingerprint density at radius 1 is 1.33 bits per heavy atom. The molecular formula is C16H15F2N5O. The normalized spacial score (nSPS) is 20.9. The largest absolute Gasteiger partial charge is 0.381 e. The van der Waals surface area contributed by atoms with Gasteiger partial charge in [-0.1, -0.05) is 0 Å². The fourth-order valence-electron chi connectivity index (χ4n) is 3.24. The maximum absolute atomic E-state index is 14.1. The summed E-state index contributed by atoms with van der Waals surface area (Å²) in [6.07, 6.45) is 1.96. The lowest BCUT2D eigenvalue weighted by Crippen LogP contribution is -2.31. The van der Waals surface area contributed by atoms with Gasteiger partial charge in [-0.3, -0.25) is 0 Å². The predicted molar refractivity (Wildman–Crippen MR) is 83.5 cm³/mol. The lowest BCUT2D eigenvalue weighted by molar-refractivity contribution is 0.0560. The van der Waals surface area contributed by atoms with E-state index in [2.05, 4.69) is 20.4 Å². The molecule has 1 atom stereocenters. The SMILES string of the molecule is Cc1cc(N2CC[C@@](O)(c3cn[nH]n3)C2)c2ccc(F)c(F)c2n1. The number of rotatable bonds is 2. The van der Waals surface area contributed by atoms with Crippen molar-refractivity contribution in [3.05, 3.63) is 47.4 Å². The van der Waals surface area contributed by atoms with E-state index in [1.54, 1.807) is 6.92 Å². The number of pyridine rings is 1. The van der Waals surface area contributed by atoms with Gasteiger partial charge in [0.15, 0.2) is 11.6 Å². The molecule has 0 radical (unpaired) electrons. The van der Waals surface area contributed by atoms with E-state index in [1.807, 2.05) is 11.0 Å². The number of anilines is 1. The Kier molecular flexibility index (Phi) is 3.24. The van der Waals surface area contributed by atoms with Crippen LogP contribution in [0.25, 0.3) is 10.9 Å². The molecule has 6 nitrogen and oxygen atoms in total. The number of hydrogen-bond donors (Lipinski definition) is 2. The van der Waals surface area contributed by atoms with E-state index in [4.69, 9.17) is 0 Å². The van der Waals surface area contributed by atoms with Crippen LogP contribution < -0.4 is 4.90 Å². The molecule has 0 aliphatic carbocycles. The van der Waals surface area contributed by atoms with E-state index in [9.17, 15) is 13.9 Å². The fourth-order valence-corrected chi connectivity index (χ4v) is 3.24. The Balaban J connectivity index is 1.79. The molecule has 1 aromatic carbocycles. The first kappa shape index (κ1) is 14.9. The average Bonchev–Trinajstić information content (AvgIpc) is 3.21. The summed E-state index contributed by atoms with van der Waals surface area (Å²) in [5, 5.41) is 21.5. The van der Waals surface area contributed by atoms with Crippen LogP contribution in [0.2, 0.25) is 0 Å². The number of β-amino-alcohol motifs (C(OH)–C–C–N with tert-alkyl or cyclic N) is 1. The lowest BCUT2D eigenvalue weighted by Gasteiger charge is -2.24. The van der Waals surface area contributed by atoms with Crippen LogP contribution in [0.4, 0.5) is 14.5 Å². The van der Waals surface area contributed by atoms with Crippen LogP contribution in [-0.4, -0.2) is 38.6 Å². The Morgan fingerprint density at radius 3 is 2.92 bits per heavy atom. The minimum absolute atomic E-state index is 0.00174. The summed E-state index contributed by atoms with van der Waals surface area (Å²) in [4.78, 5) is 6.06. The van der Waals surface area contributed by atoms with Gasteiger partial charge < -0.3 is 10.0 Å². The van der Waals surface area contributed by atoms with E-state index >= 15 is 0 Å². The first-order chi connectivity index (χ1) is 11.5. The quantitative estimate of drug-likeness (QED) is 0.751. The lowest BCUT2D eigenvalue weighted by atomic mass is 10.00. The standard InChI is InChI=1S/C16H15F2N5O/c1-9-6-12(10-2-3-11(17)14(18)15(10)20-9)23-5-4-16(24,8-23)13-7-19-22-21-13/h2-3,6-7,24H,4-5,8H2,1H3,(H,19,21,22)/t16-/m0/s1. The second-order valence-electron chi connectivity index (χ2n) is 6.10. The third kappa shape index (κ3) is 2.22. The third-order valence-corrected chi connectivity index (χ3v) is 4.46. The Labute approximate surface area is 136 Å². The molecule has 8 heteroatoms. The zero-order valence-corrected chi connectivity index (χ0v) is 12.9. The number of nitrogens with zero attached hydrogens (tertiary/aromatic N) is 4. The molecule has 0 saturated carbocycles. The van der Waals surface area contributed by atoms with Gasteiger partial charge in [0, 0.05) is 29.7 Å². The number of aromatic amines is 1. The van der Waals surface area contributed by atoms with Gasteiger partial charge >= 0.3 is 0 Å². The Morgan fingerprint density at radius 2 is 2.17 bits per heavy atom. The zero-order chi connectivity index (χ0) is 16.9. The molecule has 2 aromatic heterocycles. The first-order valence-corrected chi connectivity index (χ1v) is 7.57. The molecule has 2 N–H and O–H groups in total. The summed E-state index contributed by atoms with van der Waals surface area (Å²) in [5.74, 6) is -1.88. The number of H-pyrrole nitrogens is 1. The highest BCUT2D eigenvalue weighted by Gasteiger charge is 2.40. The van der Waals surface area contributed by atoms with E-state index in [1.165, 1.54) is 12.3 Å². The molecule has 1 aliphatic rings. The van der Waals surface area contributed by atoms with Gasteiger partial charge in [-0.2, -0.15) is 15.4 Å². The molecule has 0 bridgehead atoms. The Hall–Kier alpha value is -2.61. The highest BCUT2D eigenvalue weighted by atomic mass is 19.2. The summed E-state index contributed by atoms with van der Waals surface area (Å²) in [6.45, 7) is 2.57. The van der Waals surface area contributed by atoms with Crippen molar-refractivity contribution in [2.24, 2.45) is 0 Å². The summed E-state index contributed by atoms with van der Waals surface area (Å²) >= 11 is 0. The minimum Gasteiger partial charge on any atom is -0.381 e. The van der Waals surface area contributed by atoms with Crippen molar-refractivity contribution in [3.63, 3.8) is 0 Å². The summed E-state index contributed by atoms with van der Waals surface area (Å²) in [6, 6.07) is 4.43. The van der Waals surface area contributed by atoms with Crippen LogP contribution in [0.3, 0.4) is 0 Å². The van der Waals surface area contributed by atoms with E-state index in [0.717, 1.165) is 11.8 Å². The van der Waals surface area contributed by atoms with Crippen LogP contribution in [-0.2, 0) is 5.60 Å². The van der Waals surface area contributed by atoms with E-state index in [-0.39, 0.29) is 12.1 Å². The molecule has 124 valence electrons. The van der Waals surface area contributed by atoms with Gasteiger partial charge in [0.2, 0.25) is 0 Å². The molecule has 3 heterocycles. The minimum atomic E-state index is -1.13. The summed E-state index contributed by atoms with van der Waals surface area (Å²) < 4.78 is 27.6. The monoisotopic (exact) mass is 331 g/mol. The van der Waals surface area contributed by atoms with Crippen molar-refractivity contribution in [2.75, 3.05) is 18.0 Å². The number of aromatic nitrogens is 4. The molecule has 0 amide bonds. The molecular weight excluding hydrogens is 316 g/mol. The summed E-state index contributed by atoms with van der Waals surface area (Å²) in [7, 11) is 0. The van der Waals surface area contributed by atoms with Crippen LogP contribution in [0.1, 0.15) is 17.8 Å². The van der Waals surface area contributed by atoms with Crippen molar-refractivity contribution in [1.29, 1.82) is 0 Å². The van der Waals surface area contributed by atoms with Crippen molar-refractivity contribution in [3.8, 4) is 0 Å². The zero-order valence-electron chi connectivity index (χ0n) is 12.9. The highest BCUT2D eigenvalue weighted by molar-refractivity contribution is 5.92. The van der Waals surface area contributed by atoms with E-state index in [0.29, 0.717) is 29.7 Å². The number of aryl methyl sites for hydroxylation is 1. The topological polar surface area (TPSA) is 77.9 Å². The predicted octanol–water partition coefficient (Wildman–Crippen LogP) is 2.04. The average molecular weight is 331 g/mol. The van der Waals surface area contributed by atoms with Gasteiger partial charge in [-0.25, -0.2) is 13.8 Å². The number of fused-ring (bicyclic) bond motifs is 1. The van der Waals surface area contributed by atoms with Crippen LogP contribution in [0, 0.1) is 18.6 Å². The van der Waals surface area contributed by atoms with Crippen LogP contribution >= 0.6 is 0 Å². The first-order valence-electron chi connectivity index (χ1n) is 7.57. The van der Waals surface area contributed by atoms with E-state index < -0.39 is 17.2 Å². The Bertz CT molecular complexity index is 914. The van der Waals surface area contributed by atoms with Gasteiger partial charge in [-0.05, 0) is 25.1 Å². The second kappa shape index (κ2) is 5.20. The van der Waals surface area contributed by atoms with Crippen molar-refractivity contribution >= 4 is 16.6 Å². The smallest absolute Gasteiger partial charge is 0.185 e. The van der Waals surface area contributed by atoms with Gasteiger partial charge in [0.05, 0.1) is 12.7 Å². The van der Waals surface area contributed by atoms with Gasteiger partial charge in [0.1, 0.15) is 16.8 Å². The highest BCUT2D eigenvalue weighted by Crippen LogP contribution is 2.37. The number of aliphatic hydroxyl groups is 1. The van der Waals surface area contributed by atoms with Gasteiger partial charge in [0.25, 0.3) is 0 Å². The van der Waals surface area contributed by atoms with Crippen molar-refractivity contribution in [1.82, 2.24) is 20.4 Å². The molecule has 3 aromatic rings. The van der Waals surface area contributed by atoms with Crippen LogP contribution in [0.5, 0.6) is 0 Å². The fraction of sp³-hybridized carbons (Fsp3) is 0.312. The van der Waals surface area contributed by atoms with Crippen molar-refractivity contribution < 1.29 is 13.9 Å². The van der Waals surface area contributed by atoms with Gasteiger partial charge in [-0.15, -0.1) is 0 Å². The van der Waals surface area contributed by atoms with Crippen LogP contribution in [0.15, 0.2) is 24.4 Å². The molecule has 24 heavy (non-hydrogen) atoms. The number of hydrogen-bond acceptors (Lipinski definition) is 5. The third-order valence-electron chi connectivity index (χ3n) is 4.46. The molecule has 0 unspecified atom stereocenters. The molecule has 1 saturated heterocycles.